The van der Waals surface area contributed by atoms with Crippen LogP contribution in [0.5, 0.6) is 0 Å². The van der Waals surface area contributed by atoms with Gasteiger partial charge in [-0.25, -0.2) is 0 Å². The summed E-state index contributed by atoms with van der Waals surface area (Å²) in [6.07, 6.45) is 0.268. The maximum atomic E-state index is 12.5. The highest BCUT2D eigenvalue weighted by molar-refractivity contribution is 6.04. The van der Waals surface area contributed by atoms with Crippen LogP contribution in [0.3, 0.4) is 0 Å². The van der Waals surface area contributed by atoms with E-state index in [1.165, 1.54) is 6.92 Å². The van der Waals surface area contributed by atoms with Gasteiger partial charge in [-0.15, -0.1) is 0 Å². The van der Waals surface area contributed by atoms with Crippen molar-refractivity contribution in [1.29, 1.82) is 0 Å². The van der Waals surface area contributed by atoms with Crippen molar-refractivity contribution in [3.8, 4) is 0 Å². The molecule has 2 aliphatic rings. The summed E-state index contributed by atoms with van der Waals surface area (Å²) in [4.78, 5) is 12.5. The van der Waals surface area contributed by atoms with Gasteiger partial charge < -0.3 is 15.3 Å². The molecule has 0 saturated heterocycles. The van der Waals surface area contributed by atoms with Crippen molar-refractivity contribution in [2.75, 3.05) is 0 Å². The molecule has 0 spiro atoms. The van der Waals surface area contributed by atoms with Crippen LogP contribution in [0.1, 0.15) is 47.0 Å². The number of aliphatic hydroxyl groups is 3. The van der Waals surface area contributed by atoms with Gasteiger partial charge in [-0.3, -0.25) is 4.79 Å². The summed E-state index contributed by atoms with van der Waals surface area (Å²) in [5.74, 6) is -0.0817. The summed E-state index contributed by atoms with van der Waals surface area (Å²) >= 11 is 0. The maximum Gasteiger partial charge on any atom is 0.190 e. The predicted octanol–water partition coefficient (Wildman–Crippen LogP) is 1.18. The van der Waals surface area contributed by atoms with Gasteiger partial charge in [0, 0.05) is 12.0 Å². The van der Waals surface area contributed by atoms with Crippen molar-refractivity contribution >= 4 is 5.78 Å². The van der Waals surface area contributed by atoms with Gasteiger partial charge in [0.2, 0.25) is 0 Å². The monoisotopic (exact) mass is 268 g/mol. The second-order valence-corrected chi connectivity index (χ2v) is 6.81. The van der Waals surface area contributed by atoms with Crippen LogP contribution in [-0.2, 0) is 4.79 Å². The fraction of sp³-hybridized carbons (Fsp3) is 0.800. The molecule has 0 aromatic rings. The second kappa shape index (κ2) is 4.40. The molecule has 0 amide bonds. The number of carbonyl (C=O) groups is 1. The number of carbonyl (C=O) groups excluding carboxylic acids is 1. The molecule has 2 aliphatic carbocycles. The average Bonchev–Trinajstić information content (AvgIpc) is 2.23. The summed E-state index contributed by atoms with van der Waals surface area (Å²) in [5, 5.41) is 30.9. The van der Waals surface area contributed by atoms with E-state index in [1.807, 2.05) is 13.8 Å². The van der Waals surface area contributed by atoms with Gasteiger partial charge in [0.05, 0.1) is 11.7 Å². The van der Waals surface area contributed by atoms with Gasteiger partial charge >= 0.3 is 0 Å². The van der Waals surface area contributed by atoms with Gasteiger partial charge in [0.15, 0.2) is 5.78 Å². The zero-order valence-corrected chi connectivity index (χ0v) is 12.1. The lowest BCUT2D eigenvalue weighted by Gasteiger charge is -2.46. The number of Topliss-reactive ketones (excluding diaryl/α,β-unsaturated/α-hetero) is 1. The SMILES string of the molecule is CC(C)[C@@H]1CC[C@](C)(O)C2=C1C(=O)[C@](C)(O)C[C@@H]2O. The first kappa shape index (κ1) is 14.7. The number of rotatable bonds is 1. The number of ketones is 1. The largest absolute Gasteiger partial charge is 0.388 e. The third-order valence-electron chi connectivity index (χ3n) is 4.65. The highest BCUT2D eigenvalue weighted by atomic mass is 16.3. The normalized spacial score (nSPS) is 43.7. The highest BCUT2D eigenvalue weighted by Gasteiger charge is 2.51. The van der Waals surface area contributed by atoms with Crippen molar-refractivity contribution in [3.63, 3.8) is 0 Å². The molecule has 0 unspecified atom stereocenters. The van der Waals surface area contributed by atoms with Crippen LogP contribution in [0.2, 0.25) is 0 Å². The summed E-state index contributed by atoms with van der Waals surface area (Å²) in [6, 6.07) is 0. The molecule has 2 rings (SSSR count). The fourth-order valence-corrected chi connectivity index (χ4v) is 3.56. The molecule has 0 aliphatic heterocycles. The molecule has 0 aromatic carbocycles. The van der Waals surface area contributed by atoms with Gasteiger partial charge in [-0.2, -0.15) is 0 Å². The average molecular weight is 268 g/mol. The Balaban J connectivity index is 2.62. The second-order valence-electron chi connectivity index (χ2n) is 6.81. The smallest absolute Gasteiger partial charge is 0.190 e. The molecule has 4 heteroatoms. The standard InChI is InChI=1S/C15H24O4/c1-8(2)9-5-6-14(3,18)12-10(16)7-15(4,19)13(17)11(9)12/h8-10,16,18-19H,5-7H2,1-4H3/t9-,10-,14-,15+/m0/s1. The lowest BCUT2D eigenvalue weighted by Crippen LogP contribution is -2.53. The van der Waals surface area contributed by atoms with E-state index in [-0.39, 0.29) is 24.0 Å². The molecular formula is C15H24O4. The zero-order valence-electron chi connectivity index (χ0n) is 12.1. The minimum absolute atomic E-state index is 0.00384. The van der Waals surface area contributed by atoms with Crippen LogP contribution in [0.25, 0.3) is 0 Å². The van der Waals surface area contributed by atoms with E-state index in [9.17, 15) is 20.1 Å². The van der Waals surface area contributed by atoms with Crippen LogP contribution in [-0.4, -0.2) is 38.4 Å². The highest BCUT2D eigenvalue weighted by Crippen LogP contribution is 2.47. The Morgan fingerprint density at radius 2 is 1.79 bits per heavy atom. The molecule has 108 valence electrons. The topological polar surface area (TPSA) is 77.8 Å². The molecule has 0 fully saturated rings. The van der Waals surface area contributed by atoms with Gasteiger partial charge in [-0.05, 0) is 44.1 Å². The Morgan fingerprint density at radius 1 is 1.21 bits per heavy atom. The Bertz CT molecular complexity index is 431. The summed E-state index contributed by atoms with van der Waals surface area (Å²) in [7, 11) is 0. The van der Waals surface area contributed by atoms with E-state index in [0.717, 1.165) is 0 Å². The van der Waals surface area contributed by atoms with E-state index >= 15 is 0 Å². The first-order chi connectivity index (χ1) is 8.58. The minimum Gasteiger partial charge on any atom is -0.388 e. The molecule has 0 saturated carbocycles. The third-order valence-corrected chi connectivity index (χ3v) is 4.65. The van der Waals surface area contributed by atoms with Gasteiger partial charge in [0.1, 0.15) is 5.60 Å². The number of hydrogen-bond acceptors (Lipinski definition) is 4. The Labute approximate surface area is 114 Å². The zero-order chi connectivity index (χ0) is 14.6. The molecule has 4 nitrogen and oxygen atoms in total. The van der Waals surface area contributed by atoms with E-state index < -0.39 is 17.3 Å². The molecule has 0 heterocycles. The Kier molecular flexibility index (Phi) is 3.40. The van der Waals surface area contributed by atoms with E-state index in [0.29, 0.717) is 24.0 Å². The molecule has 0 aromatic heterocycles. The van der Waals surface area contributed by atoms with Crippen LogP contribution in [0.4, 0.5) is 0 Å². The molecule has 4 atom stereocenters. The summed E-state index contributed by atoms with van der Waals surface area (Å²) in [6.45, 7) is 7.15. The lowest BCUT2D eigenvalue weighted by atomic mass is 9.62. The van der Waals surface area contributed by atoms with Crippen molar-refractivity contribution in [1.82, 2.24) is 0 Å². The van der Waals surface area contributed by atoms with E-state index in [2.05, 4.69) is 0 Å². The van der Waals surface area contributed by atoms with Crippen molar-refractivity contribution in [3.05, 3.63) is 11.1 Å². The Morgan fingerprint density at radius 3 is 2.32 bits per heavy atom. The minimum atomic E-state index is -1.53. The van der Waals surface area contributed by atoms with Gasteiger partial charge in [-0.1, -0.05) is 13.8 Å². The first-order valence-electron chi connectivity index (χ1n) is 7.00. The first-order valence-corrected chi connectivity index (χ1v) is 7.00. The fourth-order valence-electron chi connectivity index (χ4n) is 3.56. The van der Waals surface area contributed by atoms with Crippen LogP contribution < -0.4 is 0 Å². The predicted molar refractivity (Wildman–Crippen MR) is 71.5 cm³/mol. The molecular weight excluding hydrogens is 244 g/mol. The van der Waals surface area contributed by atoms with Crippen molar-refractivity contribution < 1.29 is 20.1 Å². The molecule has 0 bridgehead atoms. The number of aliphatic hydroxyl groups excluding tert-OH is 1. The molecule has 19 heavy (non-hydrogen) atoms. The summed E-state index contributed by atoms with van der Waals surface area (Å²) < 4.78 is 0. The maximum absolute atomic E-state index is 12.5. The number of hydrogen-bond donors (Lipinski definition) is 3. The molecule has 0 radical (unpaired) electrons. The third kappa shape index (κ3) is 2.26. The lowest BCUT2D eigenvalue weighted by molar-refractivity contribution is -0.139. The summed E-state index contributed by atoms with van der Waals surface area (Å²) in [5.41, 5.74) is -1.77. The molecule has 3 N–H and O–H groups in total. The van der Waals surface area contributed by atoms with Crippen LogP contribution in [0, 0.1) is 11.8 Å². The van der Waals surface area contributed by atoms with Crippen molar-refractivity contribution in [2.45, 2.75) is 64.3 Å². The van der Waals surface area contributed by atoms with E-state index in [1.54, 1.807) is 6.92 Å². The quantitative estimate of drug-likeness (QED) is 0.667. The Hall–Kier alpha value is -0.710. The van der Waals surface area contributed by atoms with Crippen LogP contribution >= 0.6 is 0 Å². The van der Waals surface area contributed by atoms with Crippen LogP contribution in [0.15, 0.2) is 11.1 Å². The van der Waals surface area contributed by atoms with E-state index in [4.69, 9.17) is 0 Å². The van der Waals surface area contributed by atoms with Gasteiger partial charge in [0.25, 0.3) is 0 Å². The van der Waals surface area contributed by atoms with Crippen molar-refractivity contribution in [2.24, 2.45) is 11.8 Å².